The summed E-state index contributed by atoms with van der Waals surface area (Å²) in [4.78, 5) is 24.9. The zero-order valence-electron chi connectivity index (χ0n) is 17.0. The van der Waals surface area contributed by atoms with E-state index in [0.29, 0.717) is 36.9 Å². The highest BCUT2D eigenvalue weighted by atomic mass is 35.5. The fourth-order valence-electron chi connectivity index (χ4n) is 3.39. The van der Waals surface area contributed by atoms with Crippen molar-refractivity contribution in [1.82, 2.24) is 9.97 Å². The van der Waals surface area contributed by atoms with Gasteiger partial charge in [-0.05, 0) is 30.3 Å². The van der Waals surface area contributed by atoms with Gasteiger partial charge in [-0.3, -0.25) is 4.79 Å². The topological polar surface area (TPSA) is 61.4 Å². The molecule has 6 nitrogen and oxygen atoms in total. The number of thioether (sulfide) groups is 1. The summed E-state index contributed by atoms with van der Waals surface area (Å²) in [5, 5.41) is 3.52. The normalized spacial score (nSPS) is 13.8. The Labute approximate surface area is 193 Å². The molecule has 2 heterocycles. The number of carbonyl (C=O) groups is 1. The molecule has 1 aliphatic rings. The SMILES string of the molecule is O=C(CSc1cc(N2CCN(c3ccccc3F)CC2)ncn1)Nc1cc(F)ccc1Cl. The summed E-state index contributed by atoms with van der Waals surface area (Å²) in [5.41, 5.74) is 0.837. The molecule has 0 saturated carbocycles. The number of benzene rings is 2. The van der Waals surface area contributed by atoms with Crippen LogP contribution in [0.25, 0.3) is 0 Å². The molecule has 0 atom stereocenters. The number of para-hydroxylation sites is 1. The first-order chi connectivity index (χ1) is 15.5. The Kier molecular flexibility index (Phi) is 7.06. The van der Waals surface area contributed by atoms with Gasteiger partial charge in [0.25, 0.3) is 0 Å². The molecule has 1 fully saturated rings. The van der Waals surface area contributed by atoms with Crippen molar-refractivity contribution in [1.29, 1.82) is 0 Å². The summed E-state index contributed by atoms with van der Waals surface area (Å²) in [6.45, 7) is 2.72. The fourth-order valence-corrected chi connectivity index (χ4v) is 4.21. The number of aromatic nitrogens is 2. The lowest BCUT2D eigenvalue weighted by atomic mass is 10.2. The Balaban J connectivity index is 1.32. The summed E-state index contributed by atoms with van der Waals surface area (Å²) in [6.07, 6.45) is 1.46. The van der Waals surface area contributed by atoms with Crippen LogP contribution in [0.4, 0.5) is 26.0 Å². The molecular formula is C22H20ClF2N5OS. The van der Waals surface area contributed by atoms with Gasteiger partial charge in [-0.15, -0.1) is 0 Å². The van der Waals surface area contributed by atoms with Gasteiger partial charge in [-0.1, -0.05) is 35.5 Å². The number of hydrogen-bond donors (Lipinski definition) is 1. The van der Waals surface area contributed by atoms with Crippen LogP contribution in [0.1, 0.15) is 0 Å². The number of carbonyl (C=O) groups excluding carboxylic acids is 1. The Hall–Kier alpha value is -2.91. The first-order valence-electron chi connectivity index (χ1n) is 9.94. The minimum Gasteiger partial charge on any atom is -0.366 e. The van der Waals surface area contributed by atoms with Crippen LogP contribution in [0.5, 0.6) is 0 Å². The molecule has 166 valence electrons. The first kappa shape index (κ1) is 22.3. The van der Waals surface area contributed by atoms with Crippen LogP contribution in [0.15, 0.2) is 59.9 Å². The number of nitrogens with zero attached hydrogens (tertiary/aromatic N) is 4. The zero-order valence-corrected chi connectivity index (χ0v) is 18.5. The second-order valence-electron chi connectivity index (χ2n) is 7.10. The maximum Gasteiger partial charge on any atom is 0.234 e. The van der Waals surface area contributed by atoms with E-state index in [1.165, 1.54) is 42.4 Å². The van der Waals surface area contributed by atoms with Crippen LogP contribution in [-0.2, 0) is 4.79 Å². The maximum absolute atomic E-state index is 14.0. The van der Waals surface area contributed by atoms with E-state index in [1.807, 2.05) is 17.0 Å². The highest BCUT2D eigenvalue weighted by molar-refractivity contribution is 7.99. The van der Waals surface area contributed by atoms with Crippen molar-refractivity contribution in [3.05, 3.63) is 71.5 Å². The van der Waals surface area contributed by atoms with Gasteiger partial charge in [-0.2, -0.15) is 0 Å². The quantitative estimate of drug-likeness (QED) is 0.419. The number of nitrogens with one attached hydrogen (secondary N) is 1. The minimum atomic E-state index is -0.479. The van der Waals surface area contributed by atoms with Gasteiger partial charge >= 0.3 is 0 Å². The monoisotopic (exact) mass is 475 g/mol. The molecule has 4 rings (SSSR count). The van der Waals surface area contributed by atoms with Gasteiger partial charge in [-0.25, -0.2) is 18.7 Å². The molecule has 10 heteroatoms. The summed E-state index contributed by atoms with van der Waals surface area (Å²) in [5.74, 6) is -0.178. The third kappa shape index (κ3) is 5.46. The number of amides is 1. The summed E-state index contributed by atoms with van der Waals surface area (Å²) < 4.78 is 27.4. The lowest BCUT2D eigenvalue weighted by Gasteiger charge is -2.36. The van der Waals surface area contributed by atoms with Crippen molar-refractivity contribution in [3.63, 3.8) is 0 Å². The van der Waals surface area contributed by atoms with Gasteiger partial charge in [0.2, 0.25) is 5.91 Å². The highest BCUT2D eigenvalue weighted by Gasteiger charge is 2.20. The second-order valence-corrected chi connectivity index (χ2v) is 8.50. The van der Waals surface area contributed by atoms with E-state index in [4.69, 9.17) is 11.6 Å². The third-order valence-electron chi connectivity index (χ3n) is 4.98. The number of halogens is 3. The number of piperazine rings is 1. The van der Waals surface area contributed by atoms with Crippen molar-refractivity contribution < 1.29 is 13.6 Å². The van der Waals surface area contributed by atoms with Crippen LogP contribution in [0.2, 0.25) is 5.02 Å². The van der Waals surface area contributed by atoms with Gasteiger partial charge in [0.05, 0.1) is 22.2 Å². The molecule has 0 radical (unpaired) electrons. The van der Waals surface area contributed by atoms with Crippen molar-refractivity contribution in [2.45, 2.75) is 5.03 Å². The van der Waals surface area contributed by atoms with E-state index in [-0.39, 0.29) is 28.2 Å². The largest absolute Gasteiger partial charge is 0.366 e. The maximum atomic E-state index is 14.0. The summed E-state index contributed by atoms with van der Waals surface area (Å²) >= 11 is 7.23. The number of anilines is 3. The van der Waals surface area contributed by atoms with Crippen molar-refractivity contribution in [2.24, 2.45) is 0 Å². The lowest BCUT2D eigenvalue weighted by molar-refractivity contribution is -0.113. The van der Waals surface area contributed by atoms with Gasteiger partial charge < -0.3 is 15.1 Å². The molecule has 32 heavy (non-hydrogen) atoms. The Morgan fingerprint density at radius 2 is 1.78 bits per heavy atom. The number of hydrogen-bond acceptors (Lipinski definition) is 6. The average molecular weight is 476 g/mol. The molecule has 0 spiro atoms. The molecule has 1 amide bonds. The molecular weight excluding hydrogens is 456 g/mol. The van der Waals surface area contributed by atoms with Crippen molar-refractivity contribution >= 4 is 46.5 Å². The predicted molar refractivity (Wildman–Crippen MR) is 124 cm³/mol. The van der Waals surface area contributed by atoms with Gasteiger partial charge in [0.15, 0.2) is 0 Å². The molecule has 1 saturated heterocycles. The van der Waals surface area contributed by atoms with Crippen LogP contribution in [-0.4, -0.2) is 47.8 Å². The summed E-state index contributed by atoms with van der Waals surface area (Å²) in [7, 11) is 0. The standard InChI is InChI=1S/C22H20ClF2N5OS/c23-16-6-5-15(24)11-18(16)28-21(31)13-32-22-12-20(26-14-27-22)30-9-7-29(8-10-30)19-4-2-1-3-17(19)25/h1-6,11-12,14H,7-10,13H2,(H,28,31). The van der Waals surface area contributed by atoms with Crippen molar-refractivity contribution in [3.8, 4) is 0 Å². The van der Waals surface area contributed by atoms with Gasteiger partial charge in [0.1, 0.15) is 28.8 Å². The molecule has 0 bridgehead atoms. The number of rotatable bonds is 6. The average Bonchev–Trinajstić information content (AvgIpc) is 2.81. The van der Waals surface area contributed by atoms with Gasteiger partial charge in [0, 0.05) is 32.2 Å². The van der Waals surface area contributed by atoms with Crippen LogP contribution in [0.3, 0.4) is 0 Å². The Morgan fingerprint density at radius 1 is 1.03 bits per heavy atom. The molecule has 1 aromatic heterocycles. The fraction of sp³-hybridized carbons (Fsp3) is 0.227. The minimum absolute atomic E-state index is 0.0877. The molecule has 0 aliphatic carbocycles. The van der Waals surface area contributed by atoms with Crippen LogP contribution >= 0.6 is 23.4 Å². The predicted octanol–water partition coefficient (Wildman–Crippen LogP) is 4.47. The summed E-state index contributed by atoms with van der Waals surface area (Å²) in [6, 6.07) is 12.4. The molecule has 0 unspecified atom stereocenters. The molecule has 1 N–H and O–H groups in total. The highest BCUT2D eigenvalue weighted by Crippen LogP contribution is 2.25. The third-order valence-corrected chi connectivity index (χ3v) is 6.23. The molecule has 1 aliphatic heterocycles. The van der Waals surface area contributed by atoms with Crippen molar-refractivity contribution in [2.75, 3.05) is 47.0 Å². The van der Waals surface area contributed by atoms with Crippen LogP contribution in [0, 0.1) is 11.6 Å². The molecule has 3 aromatic rings. The Bertz CT molecular complexity index is 1110. The van der Waals surface area contributed by atoms with E-state index >= 15 is 0 Å². The zero-order chi connectivity index (χ0) is 22.5. The van der Waals surface area contributed by atoms with E-state index in [9.17, 15) is 13.6 Å². The Morgan fingerprint density at radius 3 is 2.56 bits per heavy atom. The van der Waals surface area contributed by atoms with E-state index < -0.39 is 5.82 Å². The van der Waals surface area contributed by atoms with Crippen LogP contribution < -0.4 is 15.1 Å². The van der Waals surface area contributed by atoms with E-state index in [2.05, 4.69) is 20.2 Å². The molecule has 2 aromatic carbocycles. The lowest BCUT2D eigenvalue weighted by Crippen LogP contribution is -2.47. The first-order valence-corrected chi connectivity index (χ1v) is 11.3. The van der Waals surface area contributed by atoms with E-state index in [1.54, 1.807) is 12.1 Å². The smallest absolute Gasteiger partial charge is 0.234 e. The van der Waals surface area contributed by atoms with E-state index in [0.717, 1.165) is 5.82 Å². The second kappa shape index (κ2) is 10.1.